The van der Waals surface area contributed by atoms with Gasteiger partial charge in [0.05, 0.1) is 11.9 Å². The number of nitrogens with two attached hydrogens (primary N) is 1. The van der Waals surface area contributed by atoms with Crippen LogP contribution in [0.15, 0.2) is 18.3 Å². The van der Waals surface area contributed by atoms with Crippen molar-refractivity contribution >= 4 is 17.5 Å². The maximum absolute atomic E-state index is 12.1. The molecule has 0 bridgehead atoms. The Bertz CT molecular complexity index is 468. The third-order valence-electron chi connectivity index (χ3n) is 4.23. The number of nitrogens with one attached hydrogen (secondary N) is 1. The van der Waals surface area contributed by atoms with Crippen molar-refractivity contribution in [1.82, 2.24) is 15.2 Å². The van der Waals surface area contributed by atoms with Gasteiger partial charge in [0.1, 0.15) is 5.82 Å². The Labute approximate surface area is 132 Å². The van der Waals surface area contributed by atoms with E-state index in [1.807, 2.05) is 24.1 Å². The molecule has 2 heterocycles. The lowest BCUT2D eigenvalue weighted by atomic mass is 10.0. The highest BCUT2D eigenvalue weighted by atomic mass is 16.2. The van der Waals surface area contributed by atoms with Crippen molar-refractivity contribution in [2.24, 2.45) is 0 Å². The van der Waals surface area contributed by atoms with Crippen LogP contribution in [0.1, 0.15) is 32.6 Å². The number of carbonyl (C=O) groups is 1. The van der Waals surface area contributed by atoms with E-state index in [4.69, 9.17) is 5.73 Å². The van der Waals surface area contributed by atoms with Gasteiger partial charge in [0.25, 0.3) is 0 Å². The number of nitrogens with zero attached hydrogens (tertiary/aromatic N) is 3. The third-order valence-corrected chi connectivity index (χ3v) is 4.23. The van der Waals surface area contributed by atoms with Gasteiger partial charge < -0.3 is 20.9 Å². The van der Waals surface area contributed by atoms with Gasteiger partial charge in [-0.05, 0) is 31.4 Å². The second kappa shape index (κ2) is 7.87. The van der Waals surface area contributed by atoms with Gasteiger partial charge in [-0.25, -0.2) is 9.78 Å². The zero-order chi connectivity index (χ0) is 15.9. The molecule has 1 fully saturated rings. The van der Waals surface area contributed by atoms with Crippen LogP contribution in [-0.4, -0.2) is 48.6 Å². The Morgan fingerprint density at radius 1 is 1.45 bits per heavy atom. The number of hydrogen-bond donors (Lipinski definition) is 2. The number of anilines is 2. The number of urea groups is 1. The summed E-state index contributed by atoms with van der Waals surface area (Å²) in [5.41, 5.74) is 6.35. The molecular formula is C16H27N5O. The SMILES string of the molecule is CCCCNC(=O)N(C)C1CCN(c2ccc(N)cn2)CC1. The molecule has 1 aliphatic rings. The van der Waals surface area contributed by atoms with Gasteiger partial charge in [0.15, 0.2) is 0 Å². The standard InChI is InChI=1S/C16H27N5O/c1-3-4-9-18-16(22)20(2)14-7-10-21(11-8-14)15-6-5-13(17)12-19-15/h5-6,12,14H,3-4,7-11,17H2,1-2H3,(H,18,22). The fourth-order valence-electron chi connectivity index (χ4n) is 2.73. The van der Waals surface area contributed by atoms with Crippen molar-refractivity contribution in [2.75, 3.05) is 37.3 Å². The van der Waals surface area contributed by atoms with Gasteiger partial charge in [0, 0.05) is 32.7 Å². The van der Waals surface area contributed by atoms with Crippen molar-refractivity contribution in [1.29, 1.82) is 0 Å². The molecule has 0 spiro atoms. The summed E-state index contributed by atoms with van der Waals surface area (Å²) in [6, 6.07) is 4.17. The van der Waals surface area contributed by atoms with E-state index in [0.717, 1.165) is 51.1 Å². The first-order valence-corrected chi connectivity index (χ1v) is 8.09. The highest BCUT2D eigenvalue weighted by Crippen LogP contribution is 2.21. The number of amides is 2. The molecule has 6 heteroatoms. The predicted molar refractivity (Wildman–Crippen MR) is 90.0 cm³/mol. The first-order valence-electron chi connectivity index (χ1n) is 8.09. The lowest BCUT2D eigenvalue weighted by molar-refractivity contribution is 0.179. The molecular weight excluding hydrogens is 278 g/mol. The van der Waals surface area contributed by atoms with E-state index in [1.165, 1.54) is 0 Å². The number of pyridine rings is 1. The molecule has 2 rings (SSSR count). The minimum absolute atomic E-state index is 0.0394. The summed E-state index contributed by atoms with van der Waals surface area (Å²) in [7, 11) is 1.89. The summed E-state index contributed by atoms with van der Waals surface area (Å²) in [5.74, 6) is 0.961. The number of hydrogen-bond acceptors (Lipinski definition) is 4. The Kier molecular flexibility index (Phi) is 5.86. The molecule has 1 aliphatic heterocycles. The van der Waals surface area contributed by atoms with Crippen molar-refractivity contribution in [3.63, 3.8) is 0 Å². The summed E-state index contributed by atoms with van der Waals surface area (Å²) in [6.07, 6.45) is 5.74. The van der Waals surface area contributed by atoms with Crippen molar-refractivity contribution < 1.29 is 4.79 Å². The number of aromatic nitrogens is 1. The smallest absolute Gasteiger partial charge is 0.317 e. The van der Waals surface area contributed by atoms with E-state index in [0.29, 0.717) is 11.7 Å². The largest absolute Gasteiger partial charge is 0.397 e. The molecule has 3 N–H and O–H groups in total. The molecule has 22 heavy (non-hydrogen) atoms. The van der Waals surface area contributed by atoms with Gasteiger partial charge in [-0.1, -0.05) is 13.3 Å². The van der Waals surface area contributed by atoms with E-state index in [9.17, 15) is 4.79 Å². The molecule has 1 aromatic heterocycles. The van der Waals surface area contributed by atoms with Crippen LogP contribution >= 0.6 is 0 Å². The molecule has 0 unspecified atom stereocenters. The topological polar surface area (TPSA) is 74.5 Å². The monoisotopic (exact) mass is 305 g/mol. The Morgan fingerprint density at radius 3 is 2.77 bits per heavy atom. The lowest BCUT2D eigenvalue weighted by Gasteiger charge is -2.37. The summed E-state index contributed by atoms with van der Waals surface area (Å²) in [5, 5.41) is 2.98. The van der Waals surface area contributed by atoms with E-state index in [2.05, 4.69) is 22.1 Å². The van der Waals surface area contributed by atoms with Crippen LogP contribution in [0, 0.1) is 0 Å². The molecule has 0 radical (unpaired) electrons. The number of nitrogen functional groups attached to an aromatic ring is 1. The highest BCUT2D eigenvalue weighted by molar-refractivity contribution is 5.74. The second-order valence-electron chi connectivity index (χ2n) is 5.86. The van der Waals surface area contributed by atoms with Crippen molar-refractivity contribution in [3.05, 3.63) is 18.3 Å². The summed E-state index contributed by atoms with van der Waals surface area (Å²) >= 11 is 0. The van der Waals surface area contributed by atoms with Crippen LogP contribution in [0.5, 0.6) is 0 Å². The Morgan fingerprint density at radius 2 is 2.18 bits per heavy atom. The average Bonchev–Trinajstić information content (AvgIpc) is 2.55. The molecule has 0 aromatic carbocycles. The van der Waals surface area contributed by atoms with Crippen LogP contribution in [0.2, 0.25) is 0 Å². The number of unbranched alkanes of at least 4 members (excludes halogenated alkanes) is 1. The zero-order valence-corrected chi connectivity index (χ0v) is 13.6. The lowest BCUT2D eigenvalue weighted by Crippen LogP contribution is -2.49. The highest BCUT2D eigenvalue weighted by Gasteiger charge is 2.25. The Hall–Kier alpha value is -1.98. The van der Waals surface area contributed by atoms with Crippen LogP contribution in [-0.2, 0) is 0 Å². The molecule has 2 amide bonds. The molecule has 1 saturated heterocycles. The molecule has 1 aromatic rings. The fourth-order valence-corrected chi connectivity index (χ4v) is 2.73. The maximum atomic E-state index is 12.1. The van der Waals surface area contributed by atoms with Gasteiger partial charge in [-0.15, -0.1) is 0 Å². The first-order chi connectivity index (χ1) is 10.6. The summed E-state index contributed by atoms with van der Waals surface area (Å²) in [6.45, 7) is 4.70. The van der Waals surface area contributed by atoms with Crippen molar-refractivity contribution in [3.8, 4) is 0 Å². The minimum atomic E-state index is 0.0394. The average molecular weight is 305 g/mol. The molecule has 0 saturated carbocycles. The van der Waals surface area contributed by atoms with E-state index < -0.39 is 0 Å². The Balaban J connectivity index is 1.81. The van der Waals surface area contributed by atoms with Crippen LogP contribution in [0.3, 0.4) is 0 Å². The molecule has 0 atom stereocenters. The fraction of sp³-hybridized carbons (Fsp3) is 0.625. The first kappa shape index (κ1) is 16.4. The predicted octanol–water partition coefficient (Wildman–Crippen LogP) is 2.07. The minimum Gasteiger partial charge on any atom is -0.397 e. The van der Waals surface area contributed by atoms with Gasteiger partial charge >= 0.3 is 6.03 Å². The number of carbonyl (C=O) groups excluding carboxylic acids is 1. The van der Waals surface area contributed by atoms with E-state index >= 15 is 0 Å². The molecule has 0 aliphatic carbocycles. The normalized spacial score (nSPS) is 15.6. The summed E-state index contributed by atoms with van der Waals surface area (Å²) < 4.78 is 0. The molecule has 122 valence electrons. The third kappa shape index (κ3) is 4.26. The number of piperidine rings is 1. The maximum Gasteiger partial charge on any atom is 0.317 e. The van der Waals surface area contributed by atoms with Crippen LogP contribution in [0.25, 0.3) is 0 Å². The van der Waals surface area contributed by atoms with Gasteiger partial charge in [-0.2, -0.15) is 0 Å². The number of rotatable bonds is 5. The van der Waals surface area contributed by atoms with Gasteiger partial charge in [-0.3, -0.25) is 0 Å². The van der Waals surface area contributed by atoms with Crippen LogP contribution < -0.4 is 16.0 Å². The van der Waals surface area contributed by atoms with E-state index in [-0.39, 0.29) is 6.03 Å². The summed E-state index contributed by atoms with van der Waals surface area (Å²) in [4.78, 5) is 20.5. The zero-order valence-electron chi connectivity index (χ0n) is 13.6. The molecule has 6 nitrogen and oxygen atoms in total. The quantitative estimate of drug-likeness (QED) is 0.817. The van der Waals surface area contributed by atoms with E-state index in [1.54, 1.807) is 6.20 Å². The van der Waals surface area contributed by atoms with Gasteiger partial charge in [0.2, 0.25) is 0 Å². The second-order valence-corrected chi connectivity index (χ2v) is 5.86. The van der Waals surface area contributed by atoms with Crippen molar-refractivity contribution in [2.45, 2.75) is 38.6 Å². The van der Waals surface area contributed by atoms with Crippen LogP contribution in [0.4, 0.5) is 16.3 Å².